The molecule has 0 spiro atoms. The number of hydrogen-bond donors (Lipinski definition) is 1. The monoisotopic (exact) mass is 592 g/mol. The van der Waals surface area contributed by atoms with Gasteiger partial charge in [-0.3, -0.25) is 0 Å². The molecule has 44 heavy (non-hydrogen) atoms. The van der Waals surface area contributed by atoms with E-state index in [1.165, 1.54) is 32.4 Å². The number of ether oxygens (including phenoxy) is 4. The Hall–Kier alpha value is -5.77. The molecule has 0 amide bonds. The van der Waals surface area contributed by atoms with Gasteiger partial charge in [-0.1, -0.05) is 24.3 Å². The highest BCUT2D eigenvalue weighted by molar-refractivity contribution is 5.95. The molecule has 4 heterocycles. The predicted octanol–water partition coefficient (Wildman–Crippen LogP) is 5.01. The van der Waals surface area contributed by atoms with E-state index >= 15 is 0 Å². The molecule has 1 unspecified atom stereocenters. The Kier molecular flexibility index (Phi) is 6.46. The quantitative estimate of drug-likeness (QED) is 0.212. The van der Waals surface area contributed by atoms with E-state index in [1.807, 2.05) is 12.1 Å². The van der Waals surface area contributed by atoms with Gasteiger partial charge >= 0.3 is 17.2 Å². The second kappa shape index (κ2) is 10.5. The van der Waals surface area contributed by atoms with Crippen LogP contribution in [0.5, 0.6) is 17.2 Å². The Morgan fingerprint density at radius 2 is 1.61 bits per heavy atom. The van der Waals surface area contributed by atoms with Crippen LogP contribution in [0.3, 0.4) is 0 Å². The van der Waals surface area contributed by atoms with Gasteiger partial charge < -0.3 is 32.9 Å². The lowest BCUT2D eigenvalue weighted by atomic mass is 9.93. The first-order valence-electron chi connectivity index (χ1n) is 13.7. The van der Waals surface area contributed by atoms with Crippen LogP contribution in [0.1, 0.15) is 22.3 Å². The molecule has 1 N–H and O–H groups in total. The van der Waals surface area contributed by atoms with Gasteiger partial charge in [-0.05, 0) is 59.5 Å². The van der Waals surface area contributed by atoms with Gasteiger partial charge in [0.2, 0.25) is 0 Å². The van der Waals surface area contributed by atoms with Gasteiger partial charge in [0.1, 0.15) is 22.8 Å². The zero-order chi connectivity index (χ0) is 30.5. The van der Waals surface area contributed by atoms with Crippen molar-refractivity contribution in [3.63, 3.8) is 0 Å². The number of rotatable bonds is 6. The summed E-state index contributed by atoms with van der Waals surface area (Å²) in [6, 6.07) is 18.3. The zero-order valence-electron chi connectivity index (χ0n) is 23.5. The maximum Gasteiger partial charge on any atom is 0.337 e. The first-order valence-corrected chi connectivity index (χ1v) is 13.7. The molecule has 1 atom stereocenters. The number of carbonyl (C=O) groups excluding carboxylic acids is 1. The number of phenols is 1. The molecule has 0 saturated heterocycles. The summed E-state index contributed by atoms with van der Waals surface area (Å²) in [6.07, 6.45) is 1.06. The van der Waals surface area contributed by atoms with E-state index in [4.69, 9.17) is 27.8 Å². The summed E-state index contributed by atoms with van der Waals surface area (Å²) >= 11 is 0. The Labute approximate surface area is 249 Å². The second-order valence-corrected chi connectivity index (χ2v) is 10.4. The average molecular weight is 593 g/mol. The highest BCUT2D eigenvalue weighted by atomic mass is 16.7. The second-order valence-electron chi connectivity index (χ2n) is 10.4. The molecule has 0 radical (unpaired) electrons. The minimum absolute atomic E-state index is 0.0674. The van der Waals surface area contributed by atoms with Crippen LogP contribution in [0.2, 0.25) is 0 Å². The molecule has 3 aromatic carbocycles. The molecule has 10 nitrogen and oxygen atoms in total. The Morgan fingerprint density at radius 1 is 0.818 bits per heavy atom. The molecule has 10 heteroatoms. The number of aromatic hydroxyl groups is 1. The fraction of sp³-hybridized carbons (Fsp3) is 0.147. The lowest BCUT2D eigenvalue weighted by Crippen LogP contribution is -2.34. The van der Waals surface area contributed by atoms with Crippen LogP contribution in [0.15, 0.2) is 102 Å². The number of phenolic OH excluding ortho intramolecular Hbond substituents is 1. The van der Waals surface area contributed by atoms with Gasteiger partial charge in [-0.15, -0.1) is 0 Å². The van der Waals surface area contributed by atoms with Crippen LogP contribution in [-0.2, 0) is 27.1 Å². The van der Waals surface area contributed by atoms with Crippen molar-refractivity contribution in [2.24, 2.45) is 0 Å². The molecule has 2 aliphatic rings. The fourth-order valence-electron chi connectivity index (χ4n) is 5.78. The molecular weight excluding hydrogens is 568 g/mol. The summed E-state index contributed by atoms with van der Waals surface area (Å²) in [7, 11) is 3.03. The maximum atomic E-state index is 13.1. The largest absolute Gasteiger partial charge is 0.504 e. The van der Waals surface area contributed by atoms with Crippen LogP contribution < -0.4 is 20.7 Å². The van der Waals surface area contributed by atoms with Crippen molar-refractivity contribution in [2.75, 3.05) is 14.2 Å². The first kappa shape index (κ1) is 27.1. The van der Waals surface area contributed by atoms with Gasteiger partial charge in [0, 0.05) is 29.5 Å². The summed E-state index contributed by atoms with van der Waals surface area (Å²) in [5.74, 6) is 0.699. The van der Waals surface area contributed by atoms with E-state index in [0.717, 1.165) is 5.56 Å². The van der Waals surface area contributed by atoms with Gasteiger partial charge in [-0.25, -0.2) is 14.4 Å². The lowest BCUT2D eigenvalue weighted by Gasteiger charge is -2.32. The highest BCUT2D eigenvalue weighted by Crippen LogP contribution is 2.41. The first-order chi connectivity index (χ1) is 21.3. The fourth-order valence-corrected chi connectivity index (χ4v) is 5.78. The van der Waals surface area contributed by atoms with Crippen LogP contribution in [0.4, 0.5) is 0 Å². The third-order valence-electron chi connectivity index (χ3n) is 7.69. The average Bonchev–Trinajstić information content (AvgIpc) is 3.00. The van der Waals surface area contributed by atoms with E-state index in [2.05, 4.69) is 0 Å². The van der Waals surface area contributed by atoms with Gasteiger partial charge in [0.05, 0.1) is 30.7 Å². The van der Waals surface area contributed by atoms with E-state index < -0.39 is 23.5 Å². The maximum absolute atomic E-state index is 13.1. The Balaban J connectivity index is 1.29. The highest BCUT2D eigenvalue weighted by Gasteiger charge is 2.36. The number of benzene rings is 3. The van der Waals surface area contributed by atoms with Crippen molar-refractivity contribution in [1.82, 2.24) is 0 Å². The standard InChI is InChI=1S/C34H24O10/c1-39-26-7-4-8-27-30(26)19(16-28(36)41-27)13-20-14-23-31(40-2)22-12-17(9-10-25(22)42-34(23)44-33(20)38)11-18-15-29(37)43-32-21(18)5-3-6-24(32)35/h3-10,12,14-16,34-35H,11,13H2,1-2H3. The van der Waals surface area contributed by atoms with Gasteiger partial charge in [0.25, 0.3) is 6.29 Å². The molecule has 5 aromatic rings. The van der Waals surface area contributed by atoms with Crippen LogP contribution >= 0.6 is 0 Å². The minimum atomic E-state index is -1.03. The van der Waals surface area contributed by atoms with Crippen molar-refractivity contribution in [3.05, 3.63) is 127 Å². The number of esters is 1. The van der Waals surface area contributed by atoms with Crippen molar-refractivity contribution >= 4 is 33.7 Å². The molecular formula is C34H24O10. The summed E-state index contributed by atoms with van der Waals surface area (Å²) < 4.78 is 33.7. The van der Waals surface area contributed by atoms with Crippen molar-refractivity contribution in [1.29, 1.82) is 0 Å². The Morgan fingerprint density at radius 3 is 2.43 bits per heavy atom. The summed E-state index contributed by atoms with van der Waals surface area (Å²) in [6.45, 7) is 0. The smallest absolute Gasteiger partial charge is 0.337 e. The van der Waals surface area contributed by atoms with E-state index in [1.54, 1.807) is 42.5 Å². The number of carbonyl (C=O) groups is 1. The van der Waals surface area contributed by atoms with Gasteiger partial charge in [0.15, 0.2) is 11.3 Å². The molecule has 0 bridgehead atoms. The van der Waals surface area contributed by atoms with Gasteiger partial charge in [-0.2, -0.15) is 0 Å². The number of para-hydroxylation sites is 1. The van der Waals surface area contributed by atoms with Crippen LogP contribution in [0, 0.1) is 0 Å². The molecule has 220 valence electrons. The SMILES string of the molecule is COC1=C2C=C(Cc3cc(=O)oc4cccc(OC)c34)C(=O)OC2Oc2ccc(Cc3cc(=O)oc4c(O)cccc34)cc21. The van der Waals surface area contributed by atoms with Crippen LogP contribution in [0.25, 0.3) is 27.7 Å². The summed E-state index contributed by atoms with van der Waals surface area (Å²) in [5.41, 5.74) is 2.82. The van der Waals surface area contributed by atoms with E-state index in [-0.39, 0.29) is 23.3 Å². The molecule has 2 aromatic heterocycles. The van der Waals surface area contributed by atoms with Crippen molar-refractivity contribution < 1.29 is 37.7 Å². The molecule has 0 aliphatic carbocycles. The summed E-state index contributed by atoms with van der Waals surface area (Å²) in [5, 5.41) is 11.4. The predicted molar refractivity (Wildman–Crippen MR) is 159 cm³/mol. The van der Waals surface area contributed by atoms with E-state index in [9.17, 15) is 19.5 Å². The minimum Gasteiger partial charge on any atom is -0.504 e. The topological polar surface area (TPSA) is 135 Å². The van der Waals surface area contributed by atoms with Crippen molar-refractivity contribution in [3.8, 4) is 17.2 Å². The summed E-state index contributed by atoms with van der Waals surface area (Å²) in [4.78, 5) is 37.7. The Bertz CT molecular complexity index is 2180. The lowest BCUT2D eigenvalue weighted by molar-refractivity contribution is -0.155. The zero-order valence-corrected chi connectivity index (χ0v) is 23.5. The molecule has 7 rings (SSSR count). The van der Waals surface area contributed by atoms with Crippen LogP contribution in [-0.4, -0.2) is 31.6 Å². The molecule has 0 saturated carbocycles. The van der Waals surface area contributed by atoms with E-state index in [0.29, 0.717) is 62.3 Å². The third-order valence-corrected chi connectivity index (χ3v) is 7.69. The third kappa shape index (κ3) is 4.57. The number of hydrogen-bond acceptors (Lipinski definition) is 10. The van der Waals surface area contributed by atoms with Crippen molar-refractivity contribution in [2.45, 2.75) is 19.1 Å². The normalized spacial score (nSPS) is 15.7. The number of methoxy groups -OCH3 is 2. The molecule has 2 aliphatic heterocycles. The molecule has 0 fully saturated rings. The number of fused-ring (bicyclic) bond motifs is 4.